The van der Waals surface area contributed by atoms with E-state index in [-0.39, 0.29) is 24.5 Å². The first-order chi connectivity index (χ1) is 19.1. The normalized spacial score (nSPS) is 18.7. The van der Waals surface area contributed by atoms with E-state index in [1.54, 1.807) is 11.0 Å². The van der Waals surface area contributed by atoms with Crippen molar-refractivity contribution in [1.29, 1.82) is 0 Å². The summed E-state index contributed by atoms with van der Waals surface area (Å²) in [6.07, 6.45) is 2.63. The fraction of sp³-hybridized carbons (Fsp3) is 0.577. The fourth-order valence-corrected chi connectivity index (χ4v) is 5.68. The highest BCUT2D eigenvalue weighted by Gasteiger charge is 2.33. The molecule has 3 aromatic heterocycles. The van der Waals surface area contributed by atoms with Crippen LogP contribution in [0.15, 0.2) is 34.1 Å². The van der Waals surface area contributed by atoms with Gasteiger partial charge in [-0.3, -0.25) is 14.5 Å². The largest absolute Gasteiger partial charge is 0.458 e. The van der Waals surface area contributed by atoms with Gasteiger partial charge in [0, 0.05) is 44.2 Å². The summed E-state index contributed by atoms with van der Waals surface area (Å²) < 4.78 is 16.7. The molecule has 2 amide bonds. The number of furan rings is 1. The average Bonchev–Trinajstić information content (AvgIpc) is 3.76. The molecule has 210 valence electrons. The van der Waals surface area contributed by atoms with Gasteiger partial charge in [-0.1, -0.05) is 6.07 Å². The first-order valence-corrected chi connectivity index (χ1v) is 14.3. The topological polar surface area (TPSA) is 128 Å². The quantitative estimate of drug-likeness (QED) is 0.355. The lowest BCUT2D eigenvalue weighted by Gasteiger charge is -2.32. The van der Waals surface area contributed by atoms with Gasteiger partial charge in [0.25, 0.3) is 0 Å². The standard InChI is InChI=1S/C26H35N7O5S/c1-19-7-8-21(38-19)25-28-30-33(29-25)18-23(34)32(10-4-9-31-11-14-36-15-12-31)24(22-6-3-16-39-22)26(35)27-17-20-5-2-13-37-20/h3,6-8,16,20,24H,2,4-5,9-15,17-18H2,1H3,(H,27,35)/t20-,24+/m0/s1. The third-order valence-corrected chi connectivity index (χ3v) is 7.81. The van der Waals surface area contributed by atoms with Crippen LogP contribution in [-0.4, -0.2) is 100 Å². The first-order valence-electron chi connectivity index (χ1n) is 13.4. The van der Waals surface area contributed by atoms with Gasteiger partial charge >= 0.3 is 0 Å². The summed E-state index contributed by atoms with van der Waals surface area (Å²) in [5.74, 6) is 1.04. The zero-order valence-electron chi connectivity index (χ0n) is 22.2. The second kappa shape index (κ2) is 13.3. The minimum atomic E-state index is -0.765. The Balaban J connectivity index is 1.32. The lowest BCUT2D eigenvalue weighted by molar-refractivity contribution is -0.142. The number of morpholine rings is 1. The molecule has 2 aliphatic heterocycles. The van der Waals surface area contributed by atoms with Gasteiger partial charge in [0.2, 0.25) is 17.6 Å². The van der Waals surface area contributed by atoms with Crippen LogP contribution in [0.3, 0.4) is 0 Å². The number of tetrazole rings is 1. The van der Waals surface area contributed by atoms with Crippen molar-refractivity contribution in [3.63, 3.8) is 0 Å². The number of amides is 2. The zero-order chi connectivity index (χ0) is 27.0. The van der Waals surface area contributed by atoms with E-state index in [1.807, 2.05) is 30.5 Å². The van der Waals surface area contributed by atoms with Crippen molar-refractivity contribution in [1.82, 2.24) is 35.3 Å². The maximum Gasteiger partial charge on any atom is 0.248 e. The third-order valence-electron chi connectivity index (χ3n) is 6.89. The molecular weight excluding hydrogens is 522 g/mol. The van der Waals surface area contributed by atoms with Gasteiger partial charge in [0.15, 0.2) is 5.76 Å². The third kappa shape index (κ3) is 7.29. The Kier molecular flexibility index (Phi) is 9.35. The molecule has 3 aromatic rings. The molecule has 0 aliphatic carbocycles. The van der Waals surface area contributed by atoms with E-state index >= 15 is 0 Å². The van der Waals surface area contributed by atoms with Crippen molar-refractivity contribution in [2.45, 2.75) is 44.9 Å². The molecule has 13 heteroatoms. The molecule has 2 aliphatic rings. The highest BCUT2D eigenvalue weighted by atomic mass is 32.1. The maximum atomic E-state index is 13.8. The number of aromatic nitrogens is 4. The Morgan fingerprint density at radius 2 is 2.10 bits per heavy atom. The van der Waals surface area contributed by atoms with Gasteiger partial charge in [0.1, 0.15) is 18.3 Å². The number of aryl methyl sites for hydroxylation is 1. The van der Waals surface area contributed by atoms with E-state index in [9.17, 15) is 9.59 Å². The van der Waals surface area contributed by atoms with Crippen molar-refractivity contribution < 1.29 is 23.5 Å². The number of nitrogens with one attached hydrogen (secondary N) is 1. The van der Waals surface area contributed by atoms with E-state index < -0.39 is 6.04 Å². The SMILES string of the molecule is Cc1ccc(-c2nnn(CC(=O)N(CCCN3CCOCC3)[C@@H](C(=O)NC[C@@H]3CCCO3)c3cccs3)n2)o1. The summed E-state index contributed by atoms with van der Waals surface area (Å²) in [6, 6.07) is 6.61. The number of rotatable bonds is 12. The average molecular weight is 558 g/mol. The fourth-order valence-electron chi connectivity index (χ4n) is 4.85. The molecule has 39 heavy (non-hydrogen) atoms. The summed E-state index contributed by atoms with van der Waals surface area (Å²) in [4.78, 5) is 33.4. The van der Waals surface area contributed by atoms with E-state index in [4.69, 9.17) is 13.9 Å². The summed E-state index contributed by atoms with van der Waals surface area (Å²) in [5, 5.41) is 17.4. The summed E-state index contributed by atoms with van der Waals surface area (Å²) >= 11 is 1.46. The predicted octanol–water partition coefficient (Wildman–Crippen LogP) is 1.89. The molecule has 5 rings (SSSR count). The molecule has 0 aromatic carbocycles. The van der Waals surface area contributed by atoms with Crippen LogP contribution in [0.5, 0.6) is 0 Å². The van der Waals surface area contributed by atoms with E-state index in [2.05, 4.69) is 25.6 Å². The lowest BCUT2D eigenvalue weighted by Crippen LogP contribution is -2.47. The van der Waals surface area contributed by atoms with Crippen LogP contribution >= 0.6 is 11.3 Å². The molecular formula is C26H35N7O5S. The molecule has 0 spiro atoms. The van der Waals surface area contributed by atoms with Gasteiger partial charge in [-0.05, 0) is 55.0 Å². The second-order valence-corrected chi connectivity index (χ2v) is 10.7. The van der Waals surface area contributed by atoms with Gasteiger partial charge in [-0.25, -0.2) is 0 Å². The Morgan fingerprint density at radius 3 is 2.82 bits per heavy atom. The molecule has 2 saturated heterocycles. The smallest absolute Gasteiger partial charge is 0.248 e. The molecule has 0 radical (unpaired) electrons. The van der Waals surface area contributed by atoms with Crippen molar-refractivity contribution in [3.05, 3.63) is 40.3 Å². The molecule has 0 unspecified atom stereocenters. The van der Waals surface area contributed by atoms with Gasteiger partial charge in [-0.2, -0.15) is 4.80 Å². The number of nitrogens with zero attached hydrogens (tertiary/aromatic N) is 6. The lowest BCUT2D eigenvalue weighted by atomic mass is 10.1. The number of hydrogen-bond donors (Lipinski definition) is 1. The molecule has 2 atom stereocenters. The monoisotopic (exact) mass is 557 g/mol. The van der Waals surface area contributed by atoms with Crippen molar-refractivity contribution in [2.24, 2.45) is 0 Å². The Hall–Kier alpha value is -3.13. The maximum absolute atomic E-state index is 13.8. The number of ether oxygens (including phenoxy) is 2. The van der Waals surface area contributed by atoms with Crippen LogP contribution in [0.1, 0.15) is 35.9 Å². The van der Waals surface area contributed by atoms with E-state index in [0.717, 1.165) is 43.1 Å². The van der Waals surface area contributed by atoms with Crippen molar-refractivity contribution >= 4 is 23.2 Å². The number of carbonyl (C=O) groups is 2. The van der Waals surface area contributed by atoms with Crippen LogP contribution < -0.4 is 5.32 Å². The summed E-state index contributed by atoms with van der Waals surface area (Å²) in [6.45, 7) is 7.19. The minimum Gasteiger partial charge on any atom is -0.458 e. The van der Waals surface area contributed by atoms with Crippen LogP contribution in [-0.2, 0) is 25.6 Å². The number of carbonyl (C=O) groups excluding carboxylic acids is 2. The minimum absolute atomic E-state index is 0.00594. The van der Waals surface area contributed by atoms with E-state index in [1.165, 1.54) is 16.1 Å². The Bertz CT molecular complexity index is 1200. The molecule has 12 nitrogen and oxygen atoms in total. The number of hydrogen-bond acceptors (Lipinski definition) is 10. The van der Waals surface area contributed by atoms with Gasteiger partial charge in [0.05, 0.1) is 19.3 Å². The molecule has 0 bridgehead atoms. The highest BCUT2D eigenvalue weighted by Crippen LogP contribution is 2.27. The highest BCUT2D eigenvalue weighted by molar-refractivity contribution is 7.10. The summed E-state index contributed by atoms with van der Waals surface area (Å²) in [5.41, 5.74) is 0. The molecule has 2 fully saturated rings. The van der Waals surface area contributed by atoms with Crippen molar-refractivity contribution in [2.75, 3.05) is 52.5 Å². The van der Waals surface area contributed by atoms with Crippen LogP contribution in [0.25, 0.3) is 11.6 Å². The molecule has 0 saturated carbocycles. The van der Waals surface area contributed by atoms with Crippen LogP contribution in [0, 0.1) is 6.92 Å². The molecule has 1 N–H and O–H groups in total. The van der Waals surface area contributed by atoms with Crippen LogP contribution in [0.2, 0.25) is 0 Å². The molecule has 5 heterocycles. The second-order valence-electron chi connectivity index (χ2n) is 9.75. The zero-order valence-corrected chi connectivity index (χ0v) is 23.0. The number of thiophene rings is 1. The Labute approximate surface area is 231 Å². The predicted molar refractivity (Wildman–Crippen MR) is 143 cm³/mol. The van der Waals surface area contributed by atoms with Crippen LogP contribution in [0.4, 0.5) is 0 Å². The first kappa shape index (κ1) is 27.4. The van der Waals surface area contributed by atoms with Gasteiger partial charge in [-0.15, -0.1) is 21.5 Å². The van der Waals surface area contributed by atoms with Crippen molar-refractivity contribution in [3.8, 4) is 11.6 Å². The Morgan fingerprint density at radius 1 is 1.23 bits per heavy atom. The van der Waals surface area contributed by atoms with Gasteiger partial charge < -0.3 is 24.1 Å². The summed E-state index contributed by atoms with van der Waals surface area (Å²) in [7, 11) is 0. The van der Waals surface area contributed by atoms with E-state index in [0.29, 0.717) is 50.9 Å².